The van der Waals surface area contributed by atoms with Gasteiger partial charge < -0.3 is 10.2 Å². The topological polar surface area (TPSA) is 32.3 Å². The minimum absolute atomic E-state index is 0.128. The van der Waals surface area contributed by atoms with Crippen LogP contribution in [0.3, 0.4) is 0 Å². The molecule has 1 N–H and O–H groups in total. The van der Waals surface area contributed by atoms with Gasteiger partial charge >= 0.3 is 0 Å². The molecule has 0 saturated heterocycles. The smallest absolute Gasteiger partial charge is 0.220 e. The van der Waals surface area contributed by atoms with Gasteiger partial charge in [0.2, 0.25) is 5.91 Å². The SMILES string of the molecule is CN(C)C1(CNC(=O)CCCCl)CCC1. The van der Waals surface area contributed by atoms with E-state index in [0.717, 1.165) is 13.0 Å². The van der Waals surface area contributed by atoms with Crippen LogP contribution in [-0.4, -0.2) is 42.9 Å². The Hall–Kier alpha value is -0.280. The number of likely N-dealkylation sites (N-methyl/N-ethyl adjacent to an activating group) is 1. The second-order valence-electron chi connectivity index (χ2n) is 4.54. The number of carbonyl (C=O) groups is 1. The molecule has 0 heterocycles. The van der Waals surface area contributed by atoms with Crippen LogP contribution in [0.25, 0.3) is 0 Å². The highest BCUT2D eigenvalue weighted by molar-refractivity contribution is 6.17. The second-order valence-corrected chi connectivity index (χ2v) is 4.92. The largest absolute Gasteiger partial charge is 0.354 e. The summed E-state index contributed by atoms with van der Waals surface area (Å²) in [6.07, 6.45) is 4.97. The molecule has 1 saturated carbocycles. The third-order valence-corrected chi connectivity index (χ3v) is 3.65. The van der Waals surface area contributed by atoms with Gasteiger partial charge in [-0.05, 0) is 39.8 Å². The Kier molecular flexibility index (Phi) is 4.87. The highest BCUT2D eigenvalue weighted by atomic mass is 35.5. The number of hydrogen-bond donors (Lipinski definition) is 1. The molecule has 0 atom stereocenters. The maximum Gasteiger partial charge on any atom is 0.220 e. The lowest BCUT2D eigenvalue weighted by Crippen LogP contribution is -2.57. The summed E-state index contributed by atoms with van der Waals surface area (Å²) in [6.45, 7) is 0.779. The van der Waals surface area contributed by atoms with Crippen LogP contribution in [0.2, 0.25) is 0 Å². The maximum absolute atomic E-state index is 11.4. The molecule has 0 aliphatic heterocycles. The summed E-state index contributed by atoms with van der Waals surface area (Å²) in [4.78, 5) is 13.7. The summed E-state index contributed by atoms with van der Waals surface area (Å²) in [5.41, 5.74) is 0.219. The molecule has 3 nitrogen and oxygen atoms in total. The molecule has 0 aromatic rings. The molecule has 15 heavy (non-hydrogen) atoms. The summed E-state index contributed by atoms with van der Waals surface area (Å²) in [7, 11) is 4.17. The van der Waals surface area contributed by atoms with Gasteiger partial charge in [-0.15, -0.1) is 11.6 Å². The third-order valence-electron chi connectivity index (χ3n) is 3.39. The number of hydrogen-bond acceptors (Lipinski definition) is 2. The van der Waals surface area contributed by atoms with Gasteiger partial charge in [-0.1, -0.05) is 0 Å². The first-order valence-electron chi connectivity index (χ1n) is 5.61. The standard InChI is InChI=1S/C11H21ClN2O/c1-14(2)11(6-4-7-11)9-13-10(15)5-3-8-12/h3-9H2,1-2H3,(H,13,15). The predicted molar refractivity (Wildman–Crippen MR) is 63.2 cm³/mol. The lowest BCUT2D eigenvalue weighted by atomic mass is 9.75. The van der Waals surface area contributed by atoms with Crippen molar-refractivity contribution in [2.24, 2.45) is 0 Å². The molecule has 4 heteroatoms. The Bertz CT molecular complexity index is 215. The summed E-state index contributed by atoms with van der Waals surface area (Å²) in [5.74, 6) is 0.690. The number of amides is 1. The van der Waals surface area contributed by atoms with Crippen molar-refractivity contribution in [3.63, 3.8) is 0 Å². The first kappa shape index (κ1) is 12.8. The summed E-state index contributed by atoms with van der Waals surface area (Å²) in [6, 6.07) is 0. The van der Waals surface area contributed by atoms with Crippen molar-refractivity contribution < 1.29 is 4.79 Å². The summed E-state index contributed by atoms with van der Waals surface area (Å²) < 4.78 is 0. The molecule has 0 bridgehead atoms. The van der Waals surface area contributed by atoms with Crippen LogP contribution in [-0.2, 0) is 4.79 Å². The lowest BCUT2D eigenvalue weighted by molar-refractivity contribution is -0.122. The molecule has 1 amide bonds. The van der Waals surface area contributed by atoms with Gasteiger partial charge in [0.1, 0.15) is 0 Å². The molecule has 0 aromatic carbocycles. The van der Waals surface area contributed by atoms with Gasteiger partial charge in [-0.2, -0.15) is 0 Å². The number of halogens is 1. The third kappa shape index (κ3) is 3.35. The number of rotatable bonds is 6. The zero-order valence-electron chi connectivity index (χ0n) is 9.68. The van der Waals surface area contributed by atoms with E-state index in [1.54, 1.807) is 0 Å². The van der Waals surface area contributed by atoms with Crippen LogP contribution >= 0.6 is 11.6 Å². The van der Waals surface area contributed by atoms with Gasteiger partial charge in [0.15, 0.2) is 0 Å². The normalized spacial score (nSPS) is 18.7. The molecule has 0 radical (unpaired) electrons. The molecular weight excluding hydrogens is 212 g/mol. The molecule has 0 unspecified atom stereocenters. The molecule has 0 spiro atoms. The van der Waals surface area contributed by atoms with E-state index in [9.17, 15) is 4.79 Å². The number of nitrogens with zero attached hydrogens (tertiary/aromatic N) is 1. The van der Waals surface area contributed by atoms with Gasteiger partial charge in [-0.25, -0.2) is 0 Å². The number of carbonyl (C=O) groups excluding carboxylic acids is 1. The fraction of sp³-hybridized carbons (Fsp3) is 0.909. The van der Waals surface area contributed by atoms with Crippen molar-refractivity contribution in [2.75, 3.05) is 26.5 Å². The fourth-order valence-corrected chi connectivity index (χ4v) is 2.08. The predicted octanol–water partition coefficient (Wildman–Crippen LogP) is 1.61. The Morgan fingerprint density at radius 2 is 2.13 bits per heavy atom. The maximum atomic E-state index is 11.4. The van der Waals surface area contributed by atoms with Gasteiger partial charge in [0.05, 0.1) is 0 Å². The van der Waals surface area contributed by atoms with Crippen LogP contribution in [0.15, 0.2) is 0 Å². The molecule has 1 rings (SSSR count). The molecule has 0 aromatic heterocycles. The monoisotopic (exact) mass is 232 g/mol. The van der Waals surface area contributed by atoms with Crippen LogP contribution < -0.4 is 5.32 Å². The van der Waals surface area contributed by atoms with Crippen molar-refractivity contribution in [1.29, 1.82) is 0 Å². The second kappa shape index (κ2) is 5.71. The van der Waals surface area contributed by atoms with E-state index in [0.29, 0.717) is 12.3 Å². The highest BCUT2D eigenvalue weighted by Crippen LogP contribution is 2.35. The van der Waals surface area contributed by atoms with Crippen molar-refractivity contribution in [1.82, 2.24) is 10.2 Å². The Morgan fingerprint density at radius 1 is 1.47 bits per heavy atom. The number of nitrogens with one attached hydrogen (secondary N) is 1. The van der Waals surface area contributed by atoms with Gasteiger partial charge in [0.25, 0.3) is 0 Å². The van der Waals surface area contributed by atoms with E-state index < -0.39 is 0 Å². The van der Waals surface area contributed by atoms with Crippen LogP contribution in [0.5, 0.6) is 0 Å². The highest BCUT2D eigenvalue weighted by Gasteiger charge is 2.38. The van der Waals surface area contributed by atoms with E-state index in [1.165, 1.54) is 19.3 Å². The van der Waals surface area contributed by atoms with Crippen LogP contribution in [0, 0.1) is 0 Å². The molecule has 1 aliphatic rings. The molecule has 88 valence electrons. The van der Waals surface area contributed by atoms with Gasteiger partial charge in [-0.3, -0.25) is 4.79 Å². The zero-order chi connectivity index (χ0) is 11.3. The van der Waals surface area contributed by atoms with Crippen molar-refractivity contribution in [3.05, 3.63) is 0 Å². The molecule has 1 fully saturated rings. The van der Waals surface area contributed by atoms with Crippen molar-refractivity contribution in [2.45, 2.75) is 37.6 Å². The average Bonchev–Trinajstić information content (AvgIpc) is 2.12. The summed E-state index contributed by atoms with van der Waals surface area (Å²) >= 11 is 5.54. The van der Waals surface area contributed by atoms with Crippen LogP contribution in [0.4, 0.5) is 0 Å². The first-order chi connectivity index (χ1) is 7.10. The van der Waals surface area contributed by atoms with E-state index in [-0.39, 0.29) is 11.4 Å². The fourth-order valence-electron chi connectivity index (χ4n) is 1.95. The Labute approximate surface area is 97.2 Å². The summed E-state index contributed by atoms with van der Waals surface area (Å²) in [5, 5.41) is 3.00. The zero-order valence-corrected chi connectivity index (χ0v) is 10.4. The van der Waals surface area contributed by atoms with E-state index in [4.69, 9.17) is 11.6 Å². The quantitative estimate of drug-likeness (QED) is 0.706. The van der Waals surface area contributed by atoms with E-state index >= 15 is 0 Å². The van der Waals surface area contributed by atoms with E-state index in [2.05, 4.69) is 24.3 Å². The van der Waals surface area contributed by atoms with Gasteiger partial charge in [0, 0.05) is 24.4 Å². The van der Waals surface area contributed by atoms with Crippen molar-refractivity contribution >= 4 is 17.5 Å². The minimum atomic E-state index is 0.128. The Morgan fingerprint density at radius 3 is 2.53 bits per heavy atom. The molecule has 1 aliphatic carbocycles. The average molecular weight is 233 g/mol. The van der Waals surface area contributed by atoms with Crippen molar-refractivity contribution in [3.8, 4) is 0 Å². The molecular formula is C11H21ClN2O. The van der Waals surface area contributed by atoms with E-state index in [1.807, 2.05) is 0 Å². The first-order valence-corrected chi connectivity index (χ1v) is 6.14. The Balaban J connectivity index is 2.25. The lowest BCUT2D eigenvalue weighted by Gasteiger charge is -2.47. The minimum Gasteiger partial charge on any atom is -0.354 e. The van der Waals surface area contributed by atoms with Crippen LogP contribution in [0.1, 0.15) is 32.1 Å². The number of alkyl halides is 1.